The zero-order valence-corrected chi connectivity index (χ0v) is 14.9. The van der Waals surface area contributed by atoms with Crippen LogP contribution in [0.3, 0.4) is 0 Å². The molecule has 1 aliphatic rings. The van der Waals surface area contributed by atoms with Gasteiger partial charge in [-0.05, 0) is 31.2 Å². The molecule has 1 saturated heterocycles. The highest BCUT2D eigenvalue weighted by Crippen LogP contribution is 2.14. The van der Waals surface area contributed by atoms with Gasteiger partial charge >= 0.3 is 0 Å². The van der Waals surface area contributed by atoms with Crippen LogP contribution >= 0.6 is 24.0 Å². The summed E-state index contributed by atoms with van der Waals surface area (Å²) in [6, 6.07) is 6.69. The fourth-order valence-corrected chi connectivity index (χ4v) is 2.54. The van der Waals surface area contributed by atoms with E-state index in [-0.39, 0.29) is 36.2 Å². The smallest absolute Gasteiger partial charge is 0.253 e. The van der Waals surface area contributed by atoms with Crippen LogP contribution in [0.1, 0.15) is 24.2 Å². The highest BCUT2D eigenvalue weighted by Gasteiger charge is 2.28. The third-order valence-corrected chi connectivity index (χ3v) is 4.40. The zero-order chi connectivity index (χ0) is 16.3. The second kappa shape index (κ2) is 8.52. The molecule has 0 radical (unpaired) electrons. The van der Waals surface area contributed by atoms with Gasteiger partial charge in [-0.25, -0.2) is 0 Å². The highest BCUT2D eigenvalue weighted by atomic mass is 35.5. The second-order valence-corrected chi connectivity index (χ2v) is 6.21. The summed E-state index contributed by atoms with van der Waals surface area (Å²) in [5.74, 6) is -0.156. The normalized spacial score (nSPS) is 17.2. The van der Waals surface area contributed by atoms with Gasteiger partial charge in [0.05, 0.1) is 5.92 Å². The van der Waals surface area contributed by atoms with Crippen molar-refractivity contribution in [3.8, 4) is 0 Å². The Hall–Kier alpha value is -1.30. The number of hydrogen-bond acceptors (Lipinski definition) is 3. The zero-order valence-electron chi connectivity index (χ0n) is 13.4. The third-order valence-electron chi connectivity index (χ3n) is 4.15. The van der Waals surface area contributed by atoms with Crippen LogP contribution < -0.4 is 5.73 Å². The number of hydrogen-bond donors (Lipinski definition) is 1. The predicted molar refractivity (Wildman–Crippen MR) is 94.0 cm³/mol. The van der Waals surface area contributed by atoms with E-state index < -0.39 is 0 Å². The molecule has 5 nitrogen and oxygen atoms in total. The number of piperazine rings is 1. The standard InChI is InChI=1S/C16H22ClN3O2.ClH/c1-11(12(2)18)15(21)19-7-9-20(10-8-19)16(22)13-3-5-14(17)6-4-13;/h3-6,11-12H,7-10,18H2,1-2H3;1H. The molecule has 0 bridgehead atoms. The molecule has 0 aliphatic carbocycles. The molecule has 0 saturated carbocycles. The maximum atomic E-state index is 12.4. The Labute approximate surface area is 148 Å². The summed E-state index contributed by atoms with van der Waals surface area (Å²) in [5, 5.41) is 0.608. The molecule has 2 unspecified atom stereocenters. The van der Waals surface area contributed by atoms with E-state index in [9.17, 15) is 9.59 Å². The molecule has 7 heteroatoms. The average Bonchev–Trinajstić information content (AvgIpc) is 2.53. The molecule has 1 heterocycles. The minimum absolute atomic E-state index is 0. The Morgan fingerprint density at radius 3 is 2.00 bits per heavy atom. The molecule has 2 rings (SSSR count). The fraction of sp³-hybridized carbons (Fsp3) is 0.500. The second-order valence-electron chi connectivity index (χ2n) is 5.77. The van der Waals surface area contributed by atoms with Gasteiger partial charge in [0, 0.05) is 42.8 Å². The SMILES string of the molecule is CC(N)C(C)C(=O)N1CCN(C(=O)c2ccc(Cl)cc2)CC1.Cl. The number of halogens is 2. The van der Waals surface area contributed by atoms with E-state index in [1.165, 1.54) is 0 Å². The van der Waals surface area contributed by atoms with Gasteiger partial charge in [0.25, 0.3) is 5.91 Å². The fourth-order valence-electron chi connectivity index (χ4n) is 2.42. The number of amides is 2. The maximum Gasteiger partial charge on any atom is 0.253 e. The molecule has 2 atom stereocenters. The van der Waals surface area contributed by atoms with Crippen molar-refractivity contribution in [3.63, 3.8) is 0 Å². The third kappa shape index (κ3) is 4.83. The first-order chi connectivity index (χ1) is 10.4. The molecule has 1 aromatic rings. The van der Waals surface area contributed by atoms with Crippen molar-refractivity contribution in [3.05, 3.63) is 34.9 Å². The van der Waals surface area contributed by atoms with Crippen LogP contribution in [0.15, 0.2) is 24.3 Å². The number of nitrogens with zero attached hydrogens (tertiary/aromatic N) is 2. The van der Waals surface area contributed by atoms with Crippen LogP contribution in [0, 0.1) is 5.92 Å². The van der Waals surface area contributed by atoms with Crippen molar-refractivity contribution in [1.29, 1.82) is 0 Å². The highest BCUT2D eigenvalue weighted by molar-refractivity contribution is 6.30. The maximum absolute atomic E-state index is 12.4. The van der Waals surface area contributed by atoms with Crippen molar-refractivity contribution in [2.45, 2.75) is 19.9 Å². The van der Waals surface area contributed by atoms with E-state index in [4.69, 9.17) is 17.3 Å². The molecule has 1 fully saturated rings. The summed E-state index contributed by atoms with van der Waals surface area (Å²) in [4.78, 5) is 28.2. The van der Waals surface area contributed by atoms with Crippen LogP contribution in [-0.2, 0) is 4.79 Å². The topological polar surface area (TPSA) is 66.6 Å². The van der Waals surface area contributed by atoms with Gasteiger partial charge in [-0.2, -0.15) is 0 Å². The Morgan fingerprint density at radius 1 is 1.04 bits per heavy atom. The van der Waals surface area contributed by atoms with E-state index in [0.29, 0.717) is 36.8 Å². The summed E-state index contributed by atoms with van der Waals surface area (Å²) in [6.45, 7) is 5.86. The van der Waals surface area contributed by atoms with Crippen molar-refractivity contribution in [2.75, 3.05) is 26.2 Å². The molecule has 128 valence electrons. The number of carbonyl (C=O) groups is 2. The predicted octanol–water partition coefficient (Wildman–Crippen LogP) is 2.03. The van der Waals surface area contributed by atoms with E-state index in [1.807, 2.05) is 13.8 Å². The molecule has 1 aliphatic heterocycles. The summed E-state index contributed by atoms with van der Waals surface area (Å²) >= 11 is 5.83. The molecule has 0 aromatic heterocycles. The van der Waals surface area contributed by atoms with Gasteiger partial charge in [0.15, 0.2) is 0 Å². The quantitative estimate of drug-likeness (QED) is 0.897. The largest absolute Gasteiger partial charge is 0.339 e. The molecule has 2 N–H and O–H groups in total. The van der Waals surface area contributed by atoms with Crippen LogP contribution in [-0.4, -0.2) is 53.8 Å². The molecular weight excluding hydrogens is 337 g/mol. The number of benzene rings is 1. The van der Waals surface area contributed by atoms with Crippen molar-refractivity contribution in [1.82, 2.24) is 9.80 Å². The first-order valence-electron chi connectivity index (χ1n) is 7.49. The van der Waals surface area contributed by atoms with Crippen LogP contribution in [0.25, 0.3) is 0 Å². The van der Waals surface area contributed by atoms with Crippen molar-refractivity contribution < 1.29 is 9.59 Å². The number of rotatable bonds is 3. The minimum Gasteiger partial charge on any atom is -0.339 e. The minimum atomic E-state index is -0.196. The van der Waals surface area contributed by atoms with E-state index in [2.05, 4.69) is 0 Å². The summed E-state index contributed by atoms with van der Waals surface area (Å²) < 4.78 is 0. The number of carbonyl (C=O) groups excluding carboxylic acids is 2. The molecule has 23 heavy (non-hydrogen) atoms. The number of nitrogens with two attached hydrogens (primary N) is 1. The van der Waals surface area contributed by atoms with Gasteiger partial charge in [-0.15, -0.1) is 12.4 Å². The summed E-state index contributed by atoms with van der Waals surface area (Å²) in [5.41, 5.74) is 6.40. The summed E-state index contributed by atoms with van der Waals surface area (Å²) in [7, 11) is 0. The van der Waals surface area contributed by atoms with Gasteiger partial charge in [-0.1, -0.05) is 18.5 Å². The van der Waals surface area contributed by atoms with Gasteiger partial charge in [-0.3, -0.25) is 9.59 Å². The first kappa shape index (κ1) is 19.7. The van der Waals surface area contributed by atoms with Gasteiger partial charge < -0.3 is 15.5 Å². The van der Waals surface area contributed by atoms with E-state index in [0.717, 1.165) is 0 Å². The lowest BCUT2D eigenvalue weighted by molar-refractivity contribution is -0.137. The first-order valence-corrected chi connectivity index (χ1v) is 7.87. The Morgan fingerprint density at radius 2 is 1.52 bits per heavy atom. The Balaban J connectivity index is 0.00000264. The molecule has 1 aromatic carbocycles. The van der Waals surface area contributed by atoms with Crippen LogP contribution in [0.2, 0.25) is 5.02 Å². The molecular formula is C16H23Cl2N3O2. The van der Waals surface area contributed by atoms with Crippen molar-refractivity contribution >= 4 is 35.8 Å². The Bertz CT molecular complexity index is 541. The Kier molecular flexibility index (Phi) is 7.32. The van der Waals surface area contributed by atoms with Crippen molar-refractivity contribution in [2.24, 2.45) is 11.7 Å². The van der Waals surface area contributed by atoms with Crippen LogP contribution in [0.4, 0.5) is 0 Å². The lowest BCUT2D eigenvalue weighted by Crippen LogP contribution is -2.53. The summed E-state index contributed by atoms with van der Waals surface area (Å²) in [6.07, 6.45) is 0. The average molecular weight is 360 g/mol. The monoisotopic (exact) mass is 359 g/mol. The van der Waals surface area contributed by atoms with E-state index >= 15 is 0 Å². The lowest BCUT2D eigenvalue weighted by atomic mass is 10.0. The van der Waals surface area contributed by atoms with E-state index in [1.54, 1.807) is 34.1 Å². The van der Waals surface area contributed by atoms with Gasteiger partial charge in [0.2, 0.25) is 5.91 Å². The van der Waals surface area contributed by atoms with Gasteiger partial charge in [0.1, 0.15) is 0 Å². The lowest BCUT2D eigenvalue weighted by Gasteiger charge is -2.36. The molecule has 0 spiro atoms. The van der Waals surface area contributed by atoms with Crippen LogP contribution in [0.5, 0.6) is 0 Å². The molecule has 2 amide bonds.